The number of aromatic nitrogens is 1. The van der Waals surface area contributed by atoms with Crippen molar-refractivity contribution in [3.8, 4) is 0 Å². The highest BCUT2D eigenvalue weighted by atomic mass is 16.3. The van der Waals surface area contributed by atoms with Gasteiger partial charge in [-0.3, -0.25) is 14.7 Å². The number of hydrogen-bond donors (Lipinski definition) is 4. The number of hydrogen-bond acceptors (Lipinski definition) is 6. The topological polar surface area (TPSA) is 89.5 Å². The molecule has 28 heavy (non-hydrogen) atoms. The molecular weight excluding hydrogens is 354 g/mol. The molecule has 1 aromatic carbocycles. The first-order valence-corrected chi connectivity index (χ1v) is 9.86. The molecule has 1 unspecified atom stereocenters. The van der Waals surface area contributed by atoms with Gasteiger partial charge in [-0.05, 0) is 29.7 Å². The molecule has 0 bridgehead atoms. The molecule has 148 valence electrons. The number of amides is 1. The van der Waals surface area contributed by atoms with Gasteiger partial charge in [0.05, 0.1) is 12.1 Å². The van der Waals surface area contributed by atoms with E-state index in [2.05, 4.69) is 50.1 Å². The number of β-amino-alcohol motifs (C(OH)–C–C–N with tert-alkyl or cyclic N) is 1. The van der Waals surface area contributed by atoms with Crippen LogP contribution in [0.3, 0.4) is 0 Å². The number of aliphatic hydroxyl groups excluding tert-OH is 1. The Balaban J connectivity index is 1.25. The van der Waals surface area contributed by atoms with E-state index < -0.39 is 6.10 Å². The molecule has 2 aliphatic heterocycles. The second-order valence-electron chi connectivity index (χ2n) is 7.55. The van der Waals surface area contributed by atoms with Gasteiger partial charge in [0.25, 0.3) is 5.91 Å². The number of nitrogens with one attached hydrogen (secondary N) is 3. The molecule has 4 rings (SSSR count). The minimum atomic E-state index is -0.614. The van der Waals surface area contributed by atoms with Gasteiger partial charge >= 0.3 is 0 Å². The van der Waals surface area contributed by atoms with Gasteiger partial charge in [0, 0.05) is 51.2 Å². The molecule has 0 saturated carbocycles. The number of pyridine rings is 1. The second kappa shape index (κ2) is 8.68. The lowest BCUT2D eigenvalue weighted by Gasteiger charge is -2.30. The van der Waals surface area contributed by atoms with Crippen molar-refractivity contribution in [2.24, 2.45) is 0 Å². The van der Waals surface area contributed by atoms with Crippen LogP contribution >= 0.6 is 0 Å². The molecule has 1 saturated heterocycles. The van der Waals surface area contributed by atoms with Crippen LogP contribution in [0.15, 0.2) is 42.6 Å². The molecule has 7 heteroatoms. The van der Waals surface area contributed by atoms with E-state index in [1.165, 1.54) is 11.1 Å². The van der Waals surface area contributed by atoms with Crippen molar-refractivity contribution in [2.45, 2.75) is 25.1 Å². The summed E-state index contributed by atoms with van der Waals surface area (Å²) in [6.45, 7) is 4.37. The summed E-state index contributed by atoms with van der Waals surface area (Å²) < 4.78 is 0. The van der Waals surface area contributed by atoms with Crippen LogP contribution in [0.1, 0.15) is 21.6 Å². The Hall–Kier alpha value is -2.48. The van der Waals surface area contributed by atoms with Gasteiger partial charge in [0.2, 0.25) is 0 Å². The highest BCUT2D eigenvalue weighted by molar-refractivity contribution is 5.93. The molecule has 1 amide bonds. The van der Waals surface area contributed by atoms with Crippen molar-refractivity contribution >= 4 is 11.6 Å². The van der Waals surface area contributed by atoms with Crippen molar-refractivity contribution in [1.29, 1.82) is 0 Å². The van der Waals surface area contributed by atoms with Crippen LogP contribution in [-0.4, -0.2) is 65.8 Å². The van der Waals surface area contributed by atoms with E-state index in [-0.39, 0.29) is 12.5 Å². The van der Waals surface area contributed by atoms with Crippen molar-refractivity contribution < 1.29 is 9.90 Å². The average molecular weight is 381 g/mol. The molecule has 1 aromatic heterocycles. The largest absolute Gasteiger partial charge is 0.390 e. The molecule has 0 spiro atoms. The maximum Gasteiger partial charge on any atom is 0.270 e. The fourth-order valence-electron chi connectivity index (χ4n) is 3.64. The first-order valence-electron chi connectivity index (χ1n) is 9.86. The molecule has 7 nitrogen and oxygen atoms in total. The first kappa shape index (κ1) is 18.9. The molecule has 4 N–H and O–H groups in total. The molecule has 1 fully saturated rings. The van der Waals surface area contributed by atoms with Crippen molar-refractivity contribution in [2.75, 3.05) is 38.0 Å². The first-order chi connectivity index (χ1) is 13.7. The van der Waals surface area contributed by atoms with Gasteiger partial charge in [-0.15, -0.1) is 0 Å². The van der Waals surface area contributed by atoms with Crippen LogP contribution in [0.25, 0.3) is 0 Å². The standard InChI is InChI=1S/C21H27N5O2/c27-19(14-26-8-6-15-3-1-2-4-16(15)13-26)12-24-21(28)20-9-17(5-7-23-20)25-18-10-22-11-18/h1-5,7,9,18-19,22,27H,6,8,10-14H2,(H,23,25)(H,24,28). The molecule has 3 heterocycles. The van der Waals surface area contributed by atoms with E-state index in [4.69, 9.17) is 0 Å². The number of benzene rings is 1. The van der Waals surface area contributed by atoms with E-state index >= 15 is 0 Å². The third-order valence-corrected chi connectivity index (χ3v) is 5.32. The highest BCUT2D eigenvalue weighted by Crippen LogP contribution is 2.18. The second-order valence-corrected chi connectivity index (χ2v) is 7.55. The Bertz CT molecular complexity index is 824. The quantitative estimate of drug-likeness (QED) is 0.562. The van der Waals surface area contributed by atoms with E-state index in [1.807, 2.05) is 6.07 Å². The summed E-state index contributed by atoms with van der Waals surface area (Å²) in [6.07, 6.45) is 2.01. The third kappa shape index (κ3) is 4.67. The van der Waals surface area contributed by atoms with E-state index in [9.17, 15) is 9.90 Å². The van der Waals surface area contributed by atoms with Crippen LogP contribution in [-0.2, 0) is 13.0 Å². The van der Waals surface area contributed by atoms with Crippen LogP contribution in [0, 0.1) is 0 Å². The summed E-state index contributed by atoms with van der Waals surface area (Å²) in [7, 11) is 0. The molecule has 0 radical (unpaired) electrons. The summed E-state index contributed by atoms with van der Waals surface area (Å²) in [6, 6.07) is 12.4. The summed E-state index contributed by atoms with van der Waals surface area (Å²) in [4.78, 5) is 18.8. The fourth-order valence-corrected chi connectivity index (χ4v) is 3.64. The van der Waals surface area contributed by atoms with Gasteiger partial charge in [0.1, 0.15) is 5.69 Å². The minimum absolute atomic E-state index is 0.211. The van der Waals surface area contributed by atoms with E-state index in [1.54, 1.807) is 12.3 Å². The fraction of sp³-hybridized carbons (Fsp3) is 0.429. The molecule has 1 atom stereocenters. The van der Waals surface area contributed by atoms with Crippen LogP contribution in [0.2, 0.25) is 0 Å². The number of fused-ring (bicyclic) bond motifs is 1. The summed E-state index contributed by atoms with van der Waals surface area (Å²) in [5.41, 5.74) is 3.95. The van der Waals surface area contributed by atoms with Crippen LogP contribution in [0.4, 0.5) is 5.69 Å². The lowest BCUT2D eigenvalue weighted by Crippen LogP contribution is -2.51. The van der Waals surface area contributed by atoms with Crippen LogP contribution < -0.4 is 16.0 Å². The van der Waals surface area contributed by atoms with Crippen LogP contribution in [0.5, 0.6) is 0 Å². The molecule has 2 aromatic rings. The zero-order chi connectivity index (χ0) is 19.3. The molecule has 2 aliphatic rings. The van der Waals surface area contributed by atoms with E-state index in [0.717, 1.165) is 38.3 Å². The van der Waals surface area contributed by atoms with Crippen molar-refractivity contribution in [1.82, 2.24) is 20.5 Å². The summed E-state index contributed by atoms with van der Waals surface area (Å²) in [5, 5.41) is 19.7. The van der Waals surface area contributed by atoms with Gasteiger partial charge in [0.15, 0.2) is 0 Å². The van der Waals surface area contributed by atoms with Gasteiger partial charge in [-0.25, -0.2) is 0 Å². The summed E-state index contributed by atoms with van der Waals surface area (Å²) in [5.74, 6) is -0.265. The lowest BCUT2D eigenvalue weighted by molar-refractivity contribution is 0.0838. The van der Waals surface area contributed by atoms with Crippen molar-refractivity contribution in [3.05, 3.63) is 59.4 Å². The number of carbonyl (C=O) groups is 1. The average Bonchev–Trinajstić information content (AvgIpc) is 2.69. The van der Waals surface area contributed by atoms with Crippen molar-refractivity contribution in [3.63, 3.8) is 0 Å². The number of aliphatic hydroxyl groups is 1. The number of carbonyl (C=O) groups excluding carboxylic acids is 1. The number of anilines is 1. The predicted octanol–water partition coefficient (Wildman–Crippen LogP) is 0.614. The monoisotopic (exact) mass is 381 g/mol. The Kier molecular flexibility index (Phi) is 5.85. The van der Waals surface area contributed by atoms with Gasteiger partial charge < -0.3 is 21.1 Å². The Morgan fingerprint density at radius 2 is 2.11 bits per heavy atom. The highest BCUT2D eigenvalue weighted by Gasteiger charge is 2.20. The maximum absolute atomic E-state index is 12.4. The zero-order valence-electron chi connectivity index (χ0n) is 15.9. The third-order valence-electron chi connectivity index (χ3n) is 5.32. The Labute approximate surface area is 165 Å². The zero-order valence-corrected chi connectivity index (χ0v) is 15.9. The number of nitrogens with zero attached hydrogens (tertiary/aromatic N) is 2. The predicted molar refractivity (Wildman–Crippen MR) is 108 cm³/mol. The molecular formula is C21H27N5O2. The Morgan fingerprint density at radius 1 is 1.29 bits per heavy atom. The normalized spacial score (nSPS) is 18.0. The van der Waals surface area contributed by atoms with E-state index in [0.29, 0.717) is 18.3 Å². The van der Waals surface area contributed by atoms with Gasteiger partial charge in [-0.1, -0.05) is 24.3 Å². The smallest absolute Gasteiger partial charge is 0.270 e. The SMILES string of the molecule is O=C(NCC(O)CN1CCc2ccccc2C1)c1cc(NC2CNC2)ccn1. The van der Waals surface area contributed by atoms with Gasteiger partial charge in [-0.2, -0.15) is 0 Å². The number of rotatable bonds is 7. The minimum Gasteiger partial charge on any atom is -0.390 e. The lowest BCUT2D eigenvalue weighted by atomic mass is 10.00. The summed E-state index contributed by atoms with van der Waals surface area (Å²) >= 11 is 0. The Morgan fingerprint density at radius 3 is 2.89 bits per heavy atom. The molecule has 0 aliphatic carbocycles. The maximum atomic E-state index is 12.4.